The van der Waals surface area contributed by atoms with E-state index in [0.717, 1.165) is 27.9 Å². The zero-order valence-corrected chi connectivity index (χ0v) is 32.8. The van der Waals surface area contributed by atoms with Gasteiger partial charge < -0.3 is 4.57 Å². The van der Waals surface area contributed by atoms with Gasteiger partial charge in [0.2, 0.25) is 0 Å². The van der Waals surface area contributed by atoms with Crippen molar-refractivity contribution in [1.82, 2.24) is 19.5 Å². The van der Waals surface area contributed by atoms with Crippen LogP contribution in [0.5, 0.6) is 0 Å². The number of para-hydroxylation sites is 1. The predicted octanol–water partition coefficient (Wildman–Crippen LogP) is 15.0. The summed E-state index contributed by atoms with van der Waals surface area (Å²) in [6, 6.07) is 65.9. The number of hydrogen-bond acceptors (Lipinski definition) is 4. The molecule has 0 N–H and O–H groups in total. The molecule has 3 aromatic heterocycles. The third-order valence-corrected chi connectivity index (χ3v) is 13.9. The van der Waals surface area contributed by atoms with Crippen molar-refractivity contribution in [3.63, 3.8) is 0 Å². The van der Waals surface area contributed by atoms with Crippen molar-refractivity contribution in [2.45, 2.75) is 0 Å². The molecule has 0 aliphatic carbocycles. The summed E-state index contributed by atoms with van der Waals surface area (Å²) >= 11 is 1.82. The van der Waals surface area contributed by atoms with Gasteiger partial charge in [-0.15, -0.1) is 11.3 Å². The Balaban J connectivity index is 1.10. The van der Waals surface area contributed by atoms with E-state index < -0.39 is 0 Å². The molecule has 0 fully saturated rings. The Hall–Kier alpha value is -7.73. The molecule has 0 saturated carbocycles. The molecule has 11 aromatic carbocycles. The van der Waals surface area contributed by atoms with Gasteiger partial charge in [-0.25, -0.2) is 15.0 Å². The van der Waals surface area contributed by atoms with Crippen molar-refractivity contribution in [2.24, 2.45) is 0 Å². The van der Waals surface area contributed by atoms with Gasteiger partial charge in [-0.05, 0) is 97.0 Å². The normalized spacial score (nSPS) is 12.3. The van der Waals surface area contributed by atoms with Crippen LogP contribution in [0.3, 0.4) is 0 Å². The van der Waals surface area contributed by atoms with Crippen molar-refractivity contribution in [3.8, 4) is 39.9 Å². The van der Waals surface area contributed by atoms with Crippen LogP contribution in [0.4, 0.5) is 0 Å². The van der Waals surface area contributed by atoms with Gasteiger partial charge in [-0.3, -0.25) is 0 Å². The monoisotopic (exact) mass is 778 g/mol. The molecule has 0 spiro atoms. The third-order valence-electron chi connectivity index (χ3n) is 12.7. The first-order valence-electron chi connectivity index (χ1n) is 20.4. The minimum atomic E-state index is 0.631. The van der Waals surface area contributed by atoms with Gasteiger partial charge in [0, 0.05) is 53.0 Å². The maximum Gasteiger partial charge on any atom is 0.166 e. The highest BCUT2D eigenvalue weighted by Crippen LogP contribution is 2.51. The Kier molecular flexibility index (Phi) is 6.41. The molecule has 5 heteroatoms. The van der Waals surface area contributed by atoms with Gasteiger partial charge in [0.25, 0.3) is 0 Å². The molecule has 14 rings (SSSR count). The number of fused-ring (bicyclic) bond motifs is 9. The lowest BCUT2D eigenvalue weighted by molar-refractivity contribution is 1.07. The molecule has 60 heavy (non-hydrogen) atoms. The zero-order valence-electron chi connectivity index (χ0n) is 32.0. The summed E-state index contributed by atoms with van der Waals surface area (Å²) in [5, 5.41) is 17.9. The van der Waals surface area contributed by atoms with Gasteiger partial charge in [0.15, 0.2) is 17.5 Å². The van der Waals surface area contributed by atoms with Crippen LogP contribution in [-0.2, 0) is 0 Å². The van der Waals surface area contributed by atoms with Gasteiger partial charge in [-0.1, -0.05) is 133 Å². The summed E-state index contributed by atoms with van der Waals surface area (Å²) in [6.45, 7) is 0. The number of thiophene rings is 1. The van der Waals surface area contributed by atoms with E-state index in [1.54, 1.807) is 0 Å². The number of benzene rings is 9. The first-order chi connectivity index (χ1) is 29.8. The van der Waals surface area contributed by atoms with Crippen LogP contribution < -0.4 is 0 Å². The highest BCUT2D eigenvalue weighted by atomic mass is 32.1. The second-order valence-corrected chi connectivity index (χ2v) is 16.9. The Morgan fingerprint density at radius 2 is 0.900 bits per heavy atom. The third kappa shape index (κ3) is 4.31. The molecule has 0 atom stereocenters. The van der Waals surface area contributed by atoms with E-state index in [-0.39, 0.29) is 0 Å². The largest absolute Gasteiger partial charge is 0.308 e. The van der Waals surface area contributed by atoms with Crippen LogP contribution in [0, 0.1) is 0 Å². The summed E-state index contributed by atoms with van der Waals surface area (Å²) in [5.74, 6) is 1.92. The van der Waals surface area contributed by atoms with E-state index >= 15 is 0 Å². The fraction of sp³-hybridized carbons (Fsp3) is 0. The lowest BCUT2D eigenvalue weighted by Crippen LogP contribution is -2.03. The standard InChI is InChI=1S/C55H30N4S/c1-2-13-31(14-3-1)53-56-54(32-25-28-48-42(29-32)37-19-9-11-24-47(37)60-48)58-55(57-53)41-20-8-10-22-44(41)59-45-23-12-21-38-33-15-4-5-16-34(33)40-27-26-39-35-17-6-7-18-36(35)43-30-46(59)52(50(38)45)51(40)49(39)43/h1-30H. The molecule has 3 heterocycles. The van der Waals surface area contributed by atoms with E-state index in [4.69, 9.17) is 15.0 Å². The summed E-state index contributed by atoms with van der Waals surface area (Å²) in [4.78, 5) is 15.8. The van der Waals surface area contributed by atoms with E-state index in [9.17, 15) is 0 Å². The SMILES string of the molecule is c1ccc(-c2nc(-c3ccc4sc5ccccc5c4c3)nc(-c3ccccc3-n3c4cccc5c6ccccc6c6ccc7c8ccccc8c8cc3c(c6c78)c54)n2)cc1. The van der Waals surface area contributed by atoms with E-state index in [0.29, 0.717) is 17.5 Å². The second kappa shape index (κ2) is 11.9. The Morgan fingerprint density at radius 1 is 0.317 bits per heavy atom. The fourth-order valence-electron chi connectivity index (χ4n) is 10.2. The lowest BCUT2D eigenvalue weighted by Gasteiger charge is -2.15. The average Bonchev–Trinajstić information content (AvgIpc) is 3.94. The van der Waals surface area contributed by atoms with Crippen LogP contribution in [0.2, 0.25) is 0 Å². The summed E-state index contributed by atoms with van der Waals surface area (Å²) in [5.41, 5.74) is 6.19. The average molecular weight is 779 g/mol. The van der Waals surface area contributed by atoms with Crippen LogP contribution in [0.15, 0.2) is 182 Å². The molecule has 0 amide bonds. The van der Waals surface area contributed by atoms with E-state index in [1.807, 2.05) is 29.5 Å². The van der Waals surface area contributed by atoms with E-state index in [2.05, 4.69) is 168 Å². The van der Waals surface area contributed by atoms with E-state index in [1.165, 1.54) is 90.3 Å². The van der Waals surface area contributed by atoms with Crippen molar-refractivity contribution in [2.75, 3.05) is 0 Å². The molecule has 0 aliphatic heterocycles. The van der Waals surface area contributed by atoms with Gasteiger partial charge in [0.05, 0.1) is 16.7 Å². The number of rotatable bonds is 4. The topological polar surface area (TPSA) is 43.6 Å². The highest BCUT2D eigenvalue weighted by Gasteiger charge is 2.26. The molecule has 276 valence electrons. The van der Waals surface area contributed by atoms with Crippen molar-refractivity contribution in [3.05, 3.63) is 182 Å². The number of nitrogens with zero attached hydrogens (tertiary/aromatic N) is 4. The van der Waals surface area contributed by atoms with Gasteiger partial charge >= 0.3 is 0 Å². The van der Waals surface area contributed by atoms with Gasteiger partial charge in [0.1, 0.15) is 0 Å². The number of aromatic nitrogens is 4. The first-order valence-corrected chi connectivity index (χ1v) is 21.2. The minimum Gasteiger partial charge on any atom is -0.308 e. The Labute approximate surface area is 346 Å². The lowest BCUT2D eigenvalue weighted by atomic mass is 9.97. The Bertz CT molecular complexity index is 4070. The molecular weight excluding hydrogens is 749 g/mol. The Morgan fingerprint density at radius 3 is 1.68 bits per heavy atom. The van der Waals surface area contributed by atoms with Crippen LogP contribution >= 0.6 is 11.3 Å². The second-order valence-electron chi connectivity index (χ2n) is 15.9. The van der Waals surface area contributed by atoms with Crippen LogP contribution in [0.1, 0.15) is 0 Å². The zero-order chi connectivity index (χ0) is 39.1. The summed E-state index contributed by atoms with van der Waals surface area (Å²) in [7, 11) is 0. The van der Waals surface area contributed by atoms with Crippen molar-refractivity contribution >= 4 is 107 Å². The minimum absolute atomic E-state index is 0.631. The summed E-state index contributed by atoms with van der Waals surface area (Å²) < 4.78 is 4.99. The summed E-state index contributed by atoms with van der Waals surface area (Å²) in [6.07, 6.45) is 0. The number of hydrogen-bond donors (Lipinski definition) is 0. The first kappa shape index (κ1) is 32.3. The maximum absolute atomic E-state index is 5.36. The molecule has 0 saturated heterocycles. The van der Waals surface area contributed by atoms with Crippen LogP contribution in [-0.4, -0.2) is 19.5 Å². The fourth-order valence-corrected chi connectivity index (χ4v) is 11.3. The van der Waals surface area contributed by atoms with Crippen molar-refractivity contribution in [1.29, 1.82) is 0 Å². The predicted molar refractivity (Wildman–Crippen MR) is 253 cm³/mol. The highest BCUT2D eigenvalue weighted by molar-refractivity contribution is 7.25. The van der Waals surface area contributed by atoms with Crippen LogP contribution in [0.25, 0.3) is 136 Å². The van der Waals surface area contributed by atoms with Gasteiger partial charge in [-0.2, -0.15) is 0 Å². The maximum atomic E-state index is 5.36. The molecule has 0 unspecified atom stereocenters. The molecule has 0 aliphatic rings. The molecule has 0 bridgehead atoms. The smallest absolute Gasteiger partial charge is 0.166 e. The van der Waals surface area contributed by atoms with Crippen molar-refractivity contribution < 1.29 is 0 Å². The molecule has 0 radical (unpaired) electrons. The molecule has 4 nitrogen and oxygen atoms in total. The molecule has 14 aromatic rings. The quantitative estimate of drug-likeness (QED) is 0.179. The molecular formula is C55H30N4S.